The Hall–Kier alpha value is -2.77. The Bertz CT molecular complexity index is 748. The van der Waals surface area contributed by atoms with Gasteiger partial charge in [-0.1, -0.05) is 70.4 Å². The number of hydrogen-bond donors (Lipinski definition) is 0. The molecule has 0 aliphatic heterocycles. The van der Waals surface area contributed by atoms with E-state index < -0.39 is 27.2 Å². The van der Waals surface area contributed by atoms with Crippen LogP contribution in [0.5, 0.6) is 5.75 Å². The number of unbranched alkanes of at least 4 members (excludes halogenated alkanes) is 11. The lowest BCUT2D eigenvalue weighted by molar-refractivity contribution is -0.394. The summed E-state index contributed by atoms with van der Waals surface area (Å²) in [6, 6.07) is 2.97. The number of carbonyl (C=O) groups is 1. The Morgan fingerprint density at radius 3 is 1.97 bits per heavy atom. The van der Waals surface area contributed by atoms with E-state index in [0.29, 0.717) is 6.42 Å². The zero-order chi connectivity index (χ0) is 23.6. The van der Waals surface area contributed by atoms with E-state index in [0.717, 1.165) is 50.3 Å². The first-order valence-corrected chi connectivity index (χ1v) is 11.7. The number of esters is 1. The van der Waals surface area contributed by atoms with Gasteiger partial charge < -0.3 is 4.74 Å². The van der Waals surface area contributed by atoms with Crippen LogP contribution in [0.2, 0.25) is 0 Å². The van der Waals surface area contributed by atoms with Gasteiger partial charge in [-0.2, -0.15) is 0 Å². The molecule has 0 atom stereocenters. The Balaban J connectivity index is 2.12. The number of rotatable bonds is 18. The topological polar surface area (TPSA) is 113 Å². The minimum absolute atomic E-state index is 0.159. The van der Waals surface area contributed by atoms with Crippen LogP contribution in [-0.4, -0.2) is 15.8 Å². The van der Waals surface area contributed by atoms with Gasteiger partial charge in [0.25, 0.3) is 5.69 Å². The lowest BCUT2D eigenvalue weighted by atomic mass is 10.1. The van der Waals surface area contributed by atoms with Crippen molar-refractivity contribution < 1.29 is 19.4 Å². The van der Waals surface area contributed by atoms with Crippen molar-refractivity contribution in [3.05, 3.63) is 50.6 Å². The van der Waals surface area contributed by atoms with E-state index in [1.54, 1.807) is 0 Å². The summed E-state index contributed by atoms with van der Waals surface area (Å²) in [7, 11) is 0. The molecule has 0 aliphatic rings. The third-order valence-electron chi connectivity index (χ3n) is 5.22. The summed E-state index contributed by atoms with van der Waals surface area (Å²) in [4.78, 5) is 32.2. The quantitative estimate of drug-likeness (QED) is 0.0575. The number of hydrogen-bond acceptors (Lipinski definition) is 6. The van der Waals surface area contributed by atoms with Crippen molar-refractivity contribution in [3.8, 4) is 5.75 Å². The number of nitro benzene ring substituents is 2. The van der Waals surface area contributed by atoms with Crippen LogP contribution in [0.4, 0.5) is 11.4 Å². The van der Waals surface area contributed by atoms with Gasteiger partial charge in [-0.25, -0.2) is 0 Å². The van der Waals surface area contributed by atoms with Crippen LogP contribution in [-0.2, 0) is 4.79 Å². The fraction of sp³-hybridized carbons (Fsp3) is 0.625. The number of allylic oxidation sites excluding steroid dienone is 2. The van der Waals surface area contributed by atoms with Crippen molar-refractivity contribution in [2.24, 2.45) is 0 Å². The molecule has 0 spiro atoms. The molecule has 0 aliphatic carbocycles. The first kappa shape index (κ1) is 27.3. The van der Waals surface area contributed by atoms with E-state index in [-0.39, 0.29) is 12.2 Å². The molecule has 8 nitrogen and oxygen atoms in total. The second-order valence-electron chi connectivity index (χ2n) is 7.97. The van der Waals surface area contributed by atoms with Gasteiger partial charge in [0.1, 0.15) is 0 Å². The molecule has 178 valence electrons. The van der Waals surface area contributed by atoms with Gasteiger partial charge in [-0.3, -0.25) is 25.0 Å². The molecule has 0 heterocycles. The second-order valence-corrected chi connectivity index (χ2v) is 7.97. The molecule has 0 saturated carbocycles. The number of carbonyl (C=O) groups excluding carboxylic acids is 1. The predicted molar refractivity (Wildman–Crippen MR) is 125 cm³/mol. The van der Waals surface area contributed by atoms with Crippen LogP contribution < -0.4 is 4.74 Å². The zero-order valence-electron chi connectivity index (χ0n) is 19.1. The Labute approximate surface area is 190 Å². The third-order valence-corrected chi connectivity index (χ3v) is 5.22. The van der Waals surface area contributed by atoms with E-state index in [1.165, 1.54) is 44.9 Å². The number of nitro groups is 2. The maximum absolute atomic E-state index is 12.0. The molecule has 1 rings (SSSR count). The van der Waals surface area contributed by atoms with Crippen molar-refractivity contribution in [1.29, 1.82) is 0 Å². The van der Waals surface area contributed by atoms with Crippen molar-refractivity contribution >= 4 is 17.3 Å². The number of ether oxygens (including phenoxy) is 1. The molecule has 0 bridgehead atoms. The van der Waals surface area contributed by atoms with E-state index in [2.05, 4.69) is 19.1 Å². The summed E-state index contributed by atoms with van der Waals surface area (Å²) in [5.41, 5.74) is -1.01. The maximum Gasteiger partial charge on any atom is 0.318 e. The average Bonchev–Trinajstić information content (AvgIpc) is 2.76. The molecule has 0 radical (unpaired) electrons. The molecule has 32 heavy (non-hydrogen) atoms. The standard InChI is InChI=1S/C24H36N2O6/c1-2-3-4-5-6-7-8-9-10-11-12-13-14-15-16-17-24(27)32-23-19-18-21(25(28)29)20-22(23)26(30)31/h9-10,18-20H,2-8,11-17H2,1H3/b10-9-. The van der Waals surface area contributed by atoms with Gasteiger partial charge in [-0.15, -0.1) is 0 Å². The molecule has 0 saturated heterocycles. The monoisotopic (exact) mass is 448 g/mol. The molecular weight excluding hydrogens is 412 g/mol. The first-order valence-electron chi connectivity index (χ1n) is 11.7. The highest BCUT2D eigenvalue weighted by Gasteiger charge is 2.22. The number of non-ortho nitro benzene ring substituents is 1. The van der Waals surface area contributed by atoms with Crippen LogP contribution >= 0.6 is 0 Å². The van der Waals surface area contributed by atoms with Gasteiger partial charge in [-0.05, 0) is 38.2 Å². The van der Waals surface area contributed by atoms with Gasteiger partial charge in [0.2, 0.25) is 5.75 Å². The fourth-order valence-corrected chi connectivity index (χ4v) is 3.36. The fourth-order valence-electron chi connectivity index (χ4n) is 3.36. The van der Waals surface area contributed by atoms with Crippen LogP contribution in [0.3, 0.4) is 0 Å². The summed E-state index contributed by atoms with van der Waals surface area (Å²) in [5.74, 6) is -0.835. The normalized spacial score (nSPS) is 11.0. The summed E-state index contributed by atoms with van der Waals surface area (Å²) < 4.78 is 5.05. The molecule has 0 unspecified atom stereocenters. The van der Waals surface area contributed by atoms with Crippen LogP contribution in [0.15, 0.2) is 30.4 Å². The van der Waals surface area contributed by atoms with Gasteiger partial charge >= 0.3 is 11.7 Å². The molecule has 1 aromatic carbocycles. The lowest BCUT2D eigenvalue weighted by Gasteiger charge is -2.05. The second kappa shape index (κ2) is 16.9. The average molecular weight is 449 g/mol. The minimum Gasteiger partial charge on any atom is -0.419 e. The van der Waals surface area contributed by atoms with Crippen LogP contribution in [0, 0.1) is 20.2 Å². The van der Waals surface area contributed by atoms with E-state index >= 15 is 0 Å². The molecule has 0 fully saturated rings. The van der Waals surface area contributed by atoms with Crippen LogP contribution in [0.25, 0.3) is 0 Å². The number of benzene rings is 1. The van der Waals surface area contributed by atoms with Crippen molar-refractivity contribution in [1.82, 2.24) is 0 Å². The maximum atomic E-state index is 12.0. The highest BCUT2D eigenvalue weighted by Crippen LogP contribution is 2.31. The highest BCUT2D eigenvalue weighted by atomic mass is 16.6. The molecule has 8 heteroatoms. The SMILES string of the molecule is CCCCCCCC/C=C\CCCCCCCC(=O)Oc1ccc([N+](=O)[O-])cc1[N+](=O)[O-]. The molecule has 0 N–H and O–H groups in total. The van der Waals surface area contributed by atoms with Crippen molar-refractivity contribution in [2.45, 2.75) is 96.8 Å². The van der Waals surface area contributed by atoms with E-state index in [1.807, 2.05) is 0 Å². The van der Waals surface area contributed by atoms with Gasteiger partial charge in [0.15, 0.2) is 0 Å². The van der Waals surface area contributed by atoms with Gasteiger partial charge in [0.05, 0.1) is 15.9 Å². The summed E-state index contributed by atoms with van der Waals surface area (Å²) in [5, 5.41) is 21.8. The van der Waals surface area contributed by atoms with Crippen LogP contribution in [0.1, 0.15) is 96.8 Å². The largest absolute Gasteiger partial charge is 0.419 e. The van der Waals surface area contributed by atoms with Crippen molar-refractivity contribution in [2.75, 3.05) is 0 Å². The zero-order valence-corrected chi connectivity index (χ0v) is 19.1. The van der Waals surface area contributed by atoms with E-state index in [9.17, 15) is 25.0 Å². The van der Waals surface area contributed by atoms with Crippen molar-refractivity contribution in [3.63, 3.8) is 0 Å². The highest BCUT2D eigenvalue weighted by molar-refractivity contribution is 5.74. The Morgan fingerprint density at radius 2 is 1.41 bits per heavy atom. The summed E-state index contributed by atoms with van der Waals surface area (Å²) in [6.45, 7) is 2.23. The first-order chi connectivity index (χ1) is 15.5. The smallest absolute Gasteiger partial charge is 0.318 e. The molecule has 0 amide bonds. The third kappa shape index (κ3) is 12.2. The lowest BCUT2D eigenvalue weighted by Crippen LogP contribution is -2.09. The molecule has 1 aromatic rings. The van der Waals surface area contributed by atoms with E-state index in [4.69, 9.17) is 4.74 Å². The van der Waals surface area contributed by atoms with Gasteiger partial charge in [0, 0.05) is 12.5 Å². The Kier molecular flexibility index (Phi) is 14.4. The minimum atomic E-state index is -0.794. The Morgan fingerprint density at radius 1 is 0.844 bits per heavy atom. The summed E-state index contributed by atoms with van der Waals surface area (Å²) >= 11 is 0. The summed E-state index contributed by atoms with van der Waals surface area (Å²) in [6.07, 6.45) is 19.7. The molecular formula is C24H36N2O6. The number of nitrogens with zero attached hydrogens (tertiary/aromatic N) is 2. The molecule has 0 aromatic heterocycles. The predicted octanol–water partition coefficient (Wildman–Crippen LogP) is 7.45.